The molecule has 1 fully saturated rings. The number of halogens is 5. The third-order valence-corrected chi connectivity index (χ3v) is 7.23. The molecule has 2 aromatic carbocycles. The molecule has 2 aromatic rings. The van der Waals surface area contributed by atoms with E-state index in [9.17, 15) is 31.3 Å². The average molecular weight is 509 g/mol. The lowest BCUT2D eigenvalue weighted by Gasteiger charge is -2.24. The highest BCUT2D eigenvalue weighted by Gasteiger charge is 2.38. The van der Waals surface area contributed by atoms with Crippen LogP contribution in [0.3, 0.4) is 0 Å². The van der Waals surface area contributed by atoms with Crippen molar-refractivity contribution in [2.45, 2.75) is 50.8 Å². The fourth-order valence-electron chi connectivity index (χ4n) is 2.84. The molecule has 1 N–H and O–H groups in total. The van der Waals surface area contributed by atoms with Gasteiger partial charge in [-0.3, -0.25) is 4.79 Å². The van der Waals surface area contributed by atoms with E-state index in [2.05, 4.69) is 5.09 Å². The first-order valence-corrected chi connectivity index (χ1v) is 12.4. The fourth-order valence-corrected chi connectivity index (χ4v) is 5.19. The molecular weight excluding hydrogens is 488 g/mol. The van der Waals surface area contributed by atoms with Crippen molar-refractivity contribution in [2.24, 2.45) is 0 Å². The van der Waals surface area contributed by atoms with E-state index in [4.69, 9.17) is 9.05 Å². The van der Waals surface area contributed by atoms with Crippen LogP contribution in [0.4, 0.5) is 22.0 Å². The Hall–Kier alpha value is -2.10. The molecule has 2 atom stereocenters. The quantitative estimate of drug-likeness (QED) is 0.181. The smallest absolute Gasteiger partial charge is 0.405 e. The van der Waals surface area contributed by atoms with E-state index < -0.39 is 53.7 Å². The maximum atomic E-state index is 14.2. The first kappa shape index (κ1) is 25.5. The van der Waals surface area contributed by atoms with Crippen LogP contribution >= 0.6 is 19.5 Å². The average Bonchev–Trinajstić information content (AvgIpc) is 3.59. The van der Waals surface area contributed by atoms with E-state index in [1.54, 1.807) is 26.0 Å². The predicted octanol–water partition coefficient (Wildman–Crippen LogP) is 6.47. The summed E-state index contributed by atoms with van der Waals surface area (Å²) in [7, 11) is -4.87. The molecule has 0 bridgehead atoms. The summed E-state index contributed by atoms with van der Waals surface area (Å²) in [4.78, 5) is 12.3. The first-order chi connectivity index (χ1) is 15.4. The van der Waals surface area contributed by atoms with Crippen LogP contribution in [-0.2, 0) is 9.36 Å². The maximum Gasteiger partial charge on any atom is 0.513 e. The van der Waals surface area contributed by atoms with Gasteiger partial charge in [-0.2, -0.15) is 13.9 Å². The molecule has 0 saturated heterocycles. The van der Waals surface area contributed by atoms with Gasteiger partial charge >= 0.3 is 7.75 Å². The molecule has 1 unspecified atom stereocenters. The number of benzene rings is 2. The lowest BCUT2D eigenvalue weighted by atomic mass is 10.1. The van der Waals surface area contributed by atoms with Crippen LogP contribution in [0.25, 0.3) is 0 Å². The van der Waals surface area contributed by atoms with Gasteiger partial charge in [-0.25, -0.2) is 17.7 Å². The van der Waals surface area contributed by atoms with Crippen molar-refractivity contribution in [3.8, 4) is 11.5 Å². The van der Waals surface area contributed by atoms with Crippen molar-refractivity contribution < 1.29 is 40.4 Å². The molecule has 1 aliphatic carbocycles. The molecule has 0 radical (unpaired) electrons. The summed E-state index contributed by atoms with van der Waals surface area (Å²) >= 11 is 0.890. The van der Waals surface area contributed by atoms with Crippen LogP contribution in [0.1, 0.15) is 45.1 Å². The molecule has 0 heterocycles. The molecular formula is C21H21F5NO4PS. The van der Waals surface area contributed by atoms with Gasteiger partial charge in [0, 0.05) is 5.25 Å². The normalized spacial score (nSPS) is 16.4. The Morgan fingerprint density at radius 2 is 1.45 bits per heavy atom. The molecule has 33 heavy (non-hydrogen) atoms. The third kappa shape index (κ3) is 6.07. The number of thioether (sulfide) groups is 1. The SMILES string of the molecule is CC(C)SC(=O)[C@H](C)NP(=O)(Oc1ccc(C2CC2)cc1)Oc1c(F)c(F)c(F)c(F)c1F. The summed E-state index contributed by atoms with van der Waals surface area (Å²) in [5.41, 5.74) is 1.00. The van der Waals surface area contributed by atoms with Crippen LogP contribution in [0.2, 0.25) is 0 Å². The van der Waals surface area contributed by atoms with Crippen LogP contribution in [0.15, 0.2) is 24.3 Å². The Kier molecular flexibility index (Phi) is 7.76. The minimum atomic E-state index is -4.87. The second kappa shape index (κ2) is 10.0. The Morgan fingerprint density at radius 1 is 0.939 bits per heavy atom. The van der Waals surface area contributed by atoms with Crippen LogP contribution in [-0.4, -0.2) is 16.4 Å². The fraction of sp³-hybridized carbons (Fsp3) is 0.381. The molecule has 0 amide bonds. The van der Waals surface area contributed by atoms with Crippen molar-refractivity contribution >= 4 is 24.6 Å². The van der Waals surface area contributed by atoms with Gasteiger partial charge in [0.2, 0.25) is 40.0 Å². The maximum absolute atomic E-state index is 14.2. The predicted molar refractivity (Wildman–Crippen MR) is 114 cm³/mol. The number of carbonyl (C=O) groups is 1. The van der Waals surface area contributed by atoms with Gasteiger partial charge in [0.1, 0.15) is 5.75 Å². The number of rotatable bonds is 9. The Bertz CT molecular complexity index is 1070. The first-order valence-electron chi connectivity index (χ1n) is 10.0. The molecule has 5 nitrogen and oxygen atoms in total. The van der Waals surface area contributed by atoms with Crippen LogP contribution in [0, 0.1) is 29.1 Å². The monoisotopic (exact) mass is 509 g/mol. The van der Waals surface area contributed by atoms with Crippen LogP contribution < -0.4 is 14.1 Å². The lowest BCUT2D eigenvalue weighted by Crippen LogP contribution is -2.34. The Balaban J connectivity index is 1.94. The molecule has 3 rings (SSSR count). The second-order valence-electron chi connectivity index (χ2n) is 7.76. The zero-order chi connectivity index (χ0) is 24.5. The summed E-state index contributed by atoms with van der Waals surface area (Å²) in [6.07, 6.45) is 2.05. The highest BCUT2D eigenvalue weighted by molar-refractivity contribution is 8.14. The highest BCUT2D eigenvalue weighted by Crippen LogP contribution is 2.48. The van der Waals surface area contributed by atoms with Crippen molar-refractivity contribution in [3.63, 3.8) is 0 Å². The van der Waals surface area contributed by atoms with Crippen LogP contribution in [0.5, 0.6) is 11.5 Å². The number of hydrogen-bond donors (Lipinski definition) is 1. The molecule has 0 aliphatic heterocycles. The van der Waals surface area contributed by atoms with E-state index in [1.807, 2.05) is 0 Å². The summed E-state index contributed by atoms with van der Waals surface area (Å²) < 4.78 is 92.4. The van der Waals surface area contributed by atoms with Gasteiger partial charge in [0.15, 0.2) is 0 Å². The summed E-state index contributed by atoms with van der Waals surface area (Å²) in [6.45, 7) is 4.77. The van der Waals surface area contributed by atoms with E-state index in [0.717, 1.165) is 30.2 Å². The second-order valence-corrected chi connectivity index (χ2v) is 11.0. The Labute approximate surface area is 191 Å². The van der Waals surface area contributed by atoms with Gasteiger partial charge in [-0.1, -0.05) is 37.7 Å². The number of carbonyl (C=O) groups excluding carboxylic acids is 1. The zero-order valence-electron chi connectivity index (χ0n) is 17.8. The summed E-state index contributed by atoms with van der Waals surface area (Å²) in [5.74, 6) is -13.0. The lowest BCUT2D eigenvalue weighted by molar-refractivity contribution is -0.112. The molecule has 12 heteroatoms. The van der Waals surface area contributed by atoms with E-state index in [-0.39, 0.29) is 11.0 Å². The van der Waals surface area contributed by atoms with Crippen molar-refractivity contribution in [1.82, 2.24) is 5.09 Å². The van der Waals surface area contributed by atoms with Gasteiger partial charge in [-0.15, -0.1) is 0 Å². The molecule has 1 aliphatic rings. The highest BCUT2D eigenvalue weighted by atomic mass is 32.2. The van der Waals surface area contributed by atoms with E-state index in [1.165, 1.54) is 19.1 Å². The molecule has 180 valence electrons. The van der Waals surface area contributed by atoms with Crippen molar-refractivity contribution in [2.75, 3.05) is 0 Å². The third-order valence-electron chi connectivity index (χ3n) is 4.59. The van der Waals surface area contributed by atoms with Gasteiger partial charge in [-0.05, 0) is 43.4 Å². The zero-order valence-corrected chi connectivity index (χ0v) is 19.5. The van der Waals surface area contributed by atoms with E-state index in [0.29, 0.717) is 5.92 Å². The molecule has 0 spiro atoms. The van der Waals surface area contributed by atoms with Gasteiger partial charge in [0.05, 0.1) is 6.04 Å². The minimum Gasteiger partial charge on any atom is -0.405 e. The van der Waals surface area contributed by atoms with E-state index >= 15 is 0 Å². The Morgan fingerprint density at radius 3 is 1.94 bits per heavy atom. The number of hydrogen-bond acceptors (Lipinski definition) is 5. The topological polar surface area (TPSA) is 64.6 Å². The molecule has 1 saturated carbocycles. The van der Waals surface area contributed by atoms with Gasteiger partial charge < -0.3 is 9.05 Å². The summed E-state index contributed by atoms with van der Waals surface area (Å²) in [5, 5.41) is 1.59. The summed E-state index contributed by atoms with van der Waals surface area (Å²) in [6, 6.07) is 5.03. The van der Waals surface area contributed by atoms with Crippen molar-refractivity contribution in [3.05, 3.63) is 58.9 Å². The largest absolute Gasteiger partial charge is 0.513 e. The number of nitrogens with one attached hydrogen (secondary N) is 1. The minimum absolute atomic E-state index is 0.0599. The van der Waals surface area contributed by atoms with Gasteiger partial charge in [0.25, 0.3) is 0 Å². The van der Waals surface area contributed by atoms with Crippen molar-refractivity contribution in [1.29, 1.82) is 0 Å². The molecule has 0 aromatic heterocycles. The standard InChI is InChI=1S/C21H21F5NO4PS/c1-10(2)33-21(28)11(3)27-32(29,30-14-8-6-13(7-9-14)12-4-5-12)31-20-18(25)16(23)15(22)17(24)19(20)26/h6-12H,4-5H2,1-3H3,(H,27,29)/t11-,32?/m0/s1.